The fourth-order valence-corrected chi connectivity index (χ4v) is 10.2. The molecule has 4 aromatic rings. The van der Waals surface area contributed by atoms with Gasteiger partial charge in [-0.3, -0.25) is 19.5 Å². The summed E-state index contributed by atoms with van der Waals surface area (Å²) in [5.41, 5.74) is 2.52. The summed E-state index contributed by atoms with van der Waals surface area (Å²) < 4.78 is 8.20. The summed E-state index contributed by atoms with van der Waals surface area (Å²) in [7, 11) is 0. The molecular formula is C30H25ClN2O4S2. The highest BCUT2D eigenvalue weighted by Gasteiger charge is 2.56. The second-order valence-corrected chi connectivity index (χ2v) is 13.1. The molecule has 1 aromatic heterocycles. The summed E-state index contributed by atoms with van der Waals surface area (Å²) >= 11 is 9.51. The number of nitrogens with zero attached hydrogens (tertiary/aromatic N) is 2. The van der Waals surface area contributed by atoms with Crippen molar-refractivity contribution >= 4 is 40.4 Å². The van der Waals surface area contributed by atoms with E-state index in [0.29, 0.717) is 33.8 Å². The molecule has 9 heteroatoms. The molecule has 6 nitrogen and oxygen atoms in total. The molecule has 0 spiro atoms. The molecule has 39 heavy (non-hydrogen) atoms. The first kappa shape index (κ1) is 24.9. The lowest BCUT2D eigenvalue weighted by atomic mass is 9.74. The Morgan fingerprint density at radius 2 is 1.79 bits per heavy atom. The van der Waals surface area contributed by atoms with Crippen LogP contribution >= 0.6 is 34.7 Å². The topological polar surface area (TPSA) is 74.4 Å². The summed E-state index contributed by atoms with van der Waals surface area (Å²) in [4.78, 5) is 26.0. The van der Waals surface area contributed by atoms with Crippen LogP contribution in [-0.4, -0.2) is 14.7 Å². The van der Waals surface area contributed by atoms with E-state index in [2.05, 4.69) is 0 Å². The van der Waals surface area contributed by atoms with E-state index in [4.69, 9.17) is 16.3 Å². The van der Waals surface area contributed by atoms with Crippen LogP contribution in [0, 0.1) is 27.9 Å². The van der Waals surface area contributed by atoms with Crippen molar-refractivity contribution in [3.63, 3.8) is 0 Å². The number of halogens is 1. The molecule has 3 aromatic carbocycles. The first-order valence-electron chi connectivity index (χ1n) is 13.1. The number of benzene rings is 3. The monoisotopic (exact) mass is 576 g/mol. The van der Waals surface area contributed by atoms with Gasteiger partial charge in [-0.15, -0.1) is 11.8 Å². The number of non-ortho nitro benzene ring substituents is 1. The van der Waals surface area contributed by atoms with Crippen LogP contribution in [-0.2, 0) is 6.61 Å². The minimum atomic E-state index is -0.351. The first-order valence-corrected chi connectivity index (χ1v) is 15.2. The van der Waals surface area contributed by atoms with Crippen molar-refractivity contribution in [1.29, 1.82) is 0 Å². The SMILES string of the molecule is O=c1sc2c(n1-c1ccccc1)SC1C3CCC(C3)C1C2c1cc([N+](=O)[O-])ccc1OCc1ccccc1Cl. The predicted octanol–water partition coefficient (Wildman–Crippen LogP) is 7.69. The van der Waals surface area contributed by atoms with E-state index in [1.807, 2.05) is 70.9 Å². The normalized spacial score (nSPS) is 24.8. The van der Waals surface area contributed by atoms with Crippen LogP contribution < -0.4 is 9.61 Å². The number of rotatable bonds is 6. The Morgan fingerprint density at radius 1 is 1.03 bits per heavy atom. The number of nitro groups is 1. The van der Waals surface area contributed by atoms with Crippen LogP contribution in [0.1, 0.15) is 41.2 Å². The minimum Gasteiger partial charge on any atom is -0.489 e. The molecule has 2 saturated carbocycles. The van der Waals surface area contributed by atoms with E-state index in [9.17, 15) is 14.9 Å². The van der Waals surface area contributed by atoms with Crippen LogP contribution in [0.4, 0.5) is 5.69 Å². The molecule has 2 bridgehead atoms. The lowest BCUT2D eigenvalue weighted by Gasteiger charge is -2.40. The largest absolute Gasteiger partial charge is 0.489 e. The van der Waals surface area contributed by atoms with Gasteiger partial charge >= 0.3 is 4.87 Å². The van der Waals surface area contributed by atoms with Gasteiger partial charge in [-0.1, -0.05) is 59.3 Å². The van der Waals surface area contributed by atoms with Crippen molar-refractivity contribution in [2.75, 3.05) is 0 Å². The average Bonchev–Trinajstić information content (AvgIpc) is 3.65. The molecule has 5 unspecified atom stereocenters. The number of thioether (sulfide) groups is 1. The summed E-state index contributed by atoms with van der Waals surface area (Å²) in [6.45, 7) is 0.250. The molecule has 198 valence electrons. The molecule has 0 amide bonds. The molecule has 1 aliphatic heterocycles. The maximum absolute atomic E-state index is 13.5. The number of thiazole rings is 1. The Balaban J connectivity index is 1.39. The zero-order valence-electron chi connectivity index (χ0n) is 20.9. The van der Waals surface area contributed by atoms with Crippen molar-refractivity contribution in [2.45, 2.75) is 42.1 Å². The predicted molar refractivity (Wildman–Crippen MR) is 155 cm³/mol. The number of fused-ring (bicyclic) bond motifs is 6. The van der Waals surface area contributed by atoms with Crippen molar-refractivity contribution in [1.82, 2.24) is 4.57 Å². The van der Waals surface area contributed by atoms with Gasteiger partial charge in [0, 0.05) is 44.3 Å². The highest BCUT2D eigenvalue weighted by atomic mass is 35.5. The standard InChI is InChI=1S/C30H25ClN2O4S2/c31-23-9-5-4-6-19(23)16-37-24-13-12-21(33(35)36)15-22(24)26-25-17-10-11-18(14-17)27(25)38-29-28(26)39-30(34)32(29)20-7-2-1-3-8-20/h1-9,12-13,15,17-18,25-27H,10-11,14,16H2. The van der Waals surface area contributed by atoms with E-state index in [1.165, 1.54) is 30.2 Å². The summed E-state index contributed by atoms with van der Waals surface area (Å²) in [5.74, 6) is 1.88. The number of para-hydroxylation sites is 1. The maximum atomic E-state index is 13.5. The van der Waals surface area contributed by atoms with Crippen LogP contribution in [0.25, 0.3) is 5.69 Å². The highest BCUT2D eigenvalue weighted by molar-refractivity contribution is 8.00. The second kappa shape index (κ2) is 9.84. The second-order valence-electron chi connectivity index (χ2n) is 10.5. The van der Waals surface area contributed by atoms with Gasteiger partial charge in [-0.25, -0.2) is 0 Å². The van der Waals surface area contributed by atoms with Gasteiger partial charge < -0.3 is 4.74 Å². The van der Waals surface area contributed by atoms with Crippen LogP contribution in [0.2, 0.25) is 5.02 Å². The van der Waals surface area contributed by atoms with Gasteiger partial charge in [0.25, 0.3) is 5.69 Å². The van der Waals surface area contributed by atoms with Crippen molar-refractivity contribution in [3.05, 3.63) is 114 Å². The Hall–Kier alpha value is -3.07. The van der Waals surface area contributed by atoms with Gasteiger partial charge in [0.05, 0.1) is 15.6 Å². The summed E-state index contributed by atoms with van der Waals surface area (Å²) in [6, 6.07) is 22.2. The lowest BCUT2D eigenvalue weighted by Crippen LogP contribution is -2.34. The van der Waals surface area contributed by atoms with Crippen molar-refractivity contribution < 1.29 is 9.66 Å². The number of nitro benzene ring substituents is 1. The Labute approximate surface area is 238 Å². The Morgan fingerprint density at radius 3 is 2.59 bits per heavy atom. The molecule has 2 fully saturated rings. The van der Waals surface area contributed by atoms with Gasteiger partial charge in [-0.2, -0.15) is 0 Å². The average molecular weight is 577 g/mol. The third-order valence-electron chi connectivity index (χ3n) is 8.51. The van der Waals surface area contributed by atoms with E-state index >= 15 is 0 Å². The smallest absolute Gasteiger partial charge is 0.312 e. The van der Waals surface area contributed by atoms with Gasteiger partial charge in [0.2, 0.25) is 0 Å². The summed E-state index contributed by atoms with van der Waals surface area (Å²) in [6.07, 6.45) is 3.54. The van der Waals surface area contributed by atoms with Gasteiger partial charge in [-0.05, 0) is 61.3 Å². The maximum Gasteiger partial charge on any atom is 0.312 e. The number of hydrogen-bond donors (Lipinski definition) is 0. The Bertz CT molecular complexity index is 1640. The van der Waals surface area contributed by atoms with Crippen LogP contribution in [0.5, 0.6) is 5.75 Å². The molecule has 7 rings (SSSR count). The number of aromatic nitrogens is 1. The van der Waals surface area contributed by atoms with Crippen LogP contribution in [0.3, 0.4) is 0 Å². The zero-order valence-corrected chi connectivity index (χ0v) is 23.3. The molecule has 0 radical (unpaired) electrons. The molecule has 5 atom stereocenters. The molecular weight excluding hydrogens is 552 g/mol. The quantitative estimate of drug-likeness (QED) is 0.174. The highest BCUT2D eigenvalue weighted by Crippen LogP contribution is 2.65. The molecule has 2 heterocycles. The Kier molecular flexibility index (Phi) is 6.29. The van der Waals surface area contributed by atoms with Gasteiger partial charge in [0.15, 0.2) is 0 Å². The first-order chi connectivity index (χ1) is 19.0. The minimum absolute atomic E-state index is 0.0278. The van der Waals surface area contributed by atoms with Gasteiger partial charge in [0.1, 0.15) is 12.4 Å². The lowest BCUT2D eigenvalue weighted by molar-refractivity contribution is -0.385. The molecule has 3 aliphatic rings. The molecule has 0 N–H and O–H groups in total. The van der Waals surface area contributed by atoms with Crippen LogP contribution in [0.15, 0.2) is 82.6 Å². The van der Waals surface area contributed by atoms with E-state index in [-0.39, 0.29) is 28.0 Å². The van der Waals surface area contributed by atoms with Crippen molar-refractivity contribution in [2.24, 2.45) is 17.8 Å². The zero-order chi connectivity index (χ0) is 26.7. The fourth-order valence-electron chi connectivity index (χ4n) is 6.85. The van der Waals surface area contributed by atoms with E-state index in [1.54, 1.807) is 12.1 Å². The number of hydrogen-bond acceptors (Lipinski definition) is 6. The molecule has 0 saturated heterocycles. The number of ether oxygens (including phenoxy) is 1. The fraction of sp³-hybridized carbons (Fsp3) is 0.300. The molecule has 2 aliphatic carbocycles. The van der Waals surface area contributed by atoms with E-state index < -0.39 is 0 Å². The third kappa shape index (κ3) is 4.20. The summed E-state index contributed by atoms with van der Waals surface area (Å²) in [5, 5.41) is 13.9. The van der Waals surface area contributed by atoms with E-state index in [0.717, 1.165) is 33.1 Å². The third-order valence-corrected chi connectivity index (χ3v) is 11.6. The van der Waals surface area contributed by atoms with Crippen molar-refractivity contribution in [3.8, 4) is 11.4 Å².